The number of aromatic nitrogens is 3. The van der Waals surface area contributed by atoms with Crippen molar-refractivity contribution in [2.75, 3.05) is 20.0 Å². The number of methoxy groups -OCH3 is 2. The maximum Gasteiger partial charge on any atom is 0.250 e. The average Bonchev–Trinajstić information content (AvgIpc) is 3.13. The first-order valence-corrected chi connectivity index (χ1v) is 10.6. The van der Waals surface area contributed by atoms with E-state index in [-0.39, 0.29) is 11.7 Å². The number of nitrogens with zero attached hydrogens (tertiary/aromatic N) is 4. The fourth-order valence-electron chi connectivity index (χ4n) is 2.57. The van der Waals surface area contributed by atoms with Crippen molar-refractivity contribution < 1.29 is 14.3 Å². The number of hydrogen-bond donors (Lipinski definition) is 1. The van der Waals surface area contributed by atoms with Crippen molar-refractivity contribution in [1.29, 1.82) is 0 Å². The van der Waals surface area contributed by atoms with E-state index in [0.29, 0.717) is 16.7 Å². The molecule has 1 aromatic heterocycles. The number of nitrogens with one attached hydrogen (secondary N) is 1. The third-order valence-electron chi connectivity index (χ3n) is 4.08. The highest BCUT2D eigenvalue weighted by molar-refractivity contribution is 9.10. The second-order valence-corrected chi connectivity index (χ2v) is 7.93. The summed E-state index contributed by atoms with van der Waals surface area (Å²) in [7, 11) is 5.00. The van der Waals surface area contributed by atoms with Crippen LogP contribution in [0, 0.1) is 0 Å². The Bertz CT molecular complexity index is 1050. The second-order valence-electron chi connectivity index (χ2n) is 6.07. The van der Waals surface area contributed by atoms with Crippen LogP contribution in [0.15, 0.2) is 57.2 Å². The standard InChI is InChI=1S/C20H20BrN5O3S/c1-26-19(14-5-7-15(21)8-6-14)24-25-20(26)30-12-18(27)23-22-11-13-4-9-16(28-2)17(10-13)29-3/h4-11H,12H2,1-3H3,(H,23,27)/b22-11-. The van der Waals surface area contributed by atoms with Crippen molar-refractivity contribution in [2.24, 2.45) is 12.1 Å². The molecule has 0 spiro atoms. The third-order valence-corrected chi connectivity index (χ3v) is 5.63. The number of benzene rings is 2. The van der Waals surface area contributed by atoms with E-state index in [4.69, 9.17) is 9.47 Å². The summed E-state index contributed by atoms with van der Waals surface area (Å²) < 4.78 is 13.3. The molecular formula is C20H20BrN5O3S. The number of rotatable bonds is 8. The van der Waals surface area contributed by atoms with Gasteiger partial charge in [0.15, 0.2) is 22.5 Å². The van der Waals surface area contributed by atoms with E-state index in [0.717, 1.165) is 21.4 Å². The lowest BCUT2D eigenvalue weighted by Gasteiger charge is -2.07. The molecule has 0 radical (unpaired) electrons. The molecule has 0 saturated carbocycles. The fourth-order valence-corrected chi connectivity index (χ4v) is 3.53. The van der Waals surface area contributed by atoms with Crippen LogP contribution in [0.25, 0.3) is 11.4 Å². The topological polar surface area (TPSA) is 90.6 Å². The van der Waals surface area contributed by atoms with Crippen LogP contribution in [0.3, 0.4) is 0 Å². The molecule has 8 nitrogen and oxygen atoms in total. The van der Waals surface area contributed by atoms with Crippen LogP contribution in [0.1, 0.15) is 5.56 Å². The van der Waals surface area contributed by atoms with E-state index in [1.54, 1.807) is 32.6 Å². The van der Waals surface area contributed by atoms with Crippen molar-refractivity contribution in [3.8, 4) is 22.9 Å². The van der Waals surface area contributed by atoms with E-state index < -0.39 is 0 Å². The largest absolute Gasteiger partial charge is 0.493 e. The quantitative estimate of drug-likeness (QED) is 0.295. The van der Waals surface area contributed by atoms with Gasteiger partial charge < -0.3 is 14.0 Å². The van der Waals surface area contributed by atoms with Gasteiger partial charge in [-0.3, -0.25) is 4.79 Å². The molecule has 0 aliphatic heterocycles. The molecule has 0 saturated heterocycles. The number of carbonyl (C=O) groups excluding carboxylic acids is 1. The molecule has 0 aliphatic rings. The lowest BCUT2D eigenvalue weighted by atomic mass is 10.2. The summed E-state index contributed by atoms with van der Waals surface area (Å²) in [6, 6.07) is 13.2. The molecule has 0 bridgehead atoms. The molecule has 1 N–H and O–H groups in total. The fraction of sp³-hybridized carbons (Fsp3) is 0.200. The summed E-state index contributed by atoms with van der Waals surface area (Å²) in [5.41, 5.74) is 4.23. The first kappa shape index (κ1) is 21.8. The summed E-state index contributed by atoms with van der Waals surface area (Å²) in [6.45, 7) is 0. The van der Waals surface area contributed by atoms with Gasteiger partial charge in [-0.25, -0.2) is 5.43 Å². The molecule has 10 heteroatoms. The average molecular weight is 490 g/mol. The molecule has 2 aromatic carbocycles. The molecular weight excluding hydrogens is 470 g/mol. The predicted molar refractivity (Wildman–Crippen MR) is 120 cm³/mol. The van der Waals surface area contributed by atoms with Gasteiger partial charge in [-0.2, -0.15) is 5.10 Å². The van der Waals surface area contributed by atoms with Gasteiger partial charge >= 0.3 is 0 Å². The zero-order valence-corrected chi connectivity index (χ0v) is 19.0. The normalized spacial score (nSPS) is 10.9. The molecule has 3 rings (SSSR count). The van der Waals surface area contributed by atoms with Crippen molar-refractivity contribution in [1.82, 2.24) is 20.2 Å². The van der Waals surface area contributed by atoms with E-state index in [2.05, 4.69) is 36.7 Å². The minimum Gasteiger partial charge on any atom is -0.493 e. The zero-order valence-electron chi connectivity index (χ0n) is 16.6. The summed E-state index contributed by atoms with van der Waals surface area (Å²) in [5.74, 6) is 1.87. The highest BCUT2D eigenvalue weighted by Gasteiger charge is 2.12. The number of thioether (sulfide) groups is 1. The van der Waals surface area contributed by atoms with Crippen LogP contribution in [0.4, 0.5) is 0 Å². The highest BCUT2D eigenvalue weighted by Crippen LogP contribution is 2.27. The lowest BCUT2D eigenvalue weighted by molar-refractivity contribution is -0.118. The Labute approximate surface area is 186 Å². The van der Waals surface area contributed by atoms with E-state index in [1.165, 1.54) is 11.8 Å². The molecule has 1 amide bonds. The minimum atomic E-state index is -0.245. The molecule has 0 fully saturated rings. The maximum atomic E-state index is 12.1. The molecule has 30 heavy (non-hydrogen) atoms. The smallest absolute Gasteiger partial charge is 0.250 e. The van der Waals surface area contributed by atoms with E-state index >= 15 is 0 Å². The van der Waals surface area contributed by atoms with Crippen molar-refractivity contribution in [3.63, 3.8) is 0 Å². The molecule has 0 atom stereocenters. The summed E-state index contributed by atoms with van der Waals surface area (Å²) in [5, 5.41) is 13.0. The summed E-state index contributed by atoms with van der Waals surface area (Å²) >= 11 is 4.71. The summed E-state index contributed by atoms with van der Waals surface area (Å²) in [4.78, 5) is 12.1. The SMILES string of the molecule is COc1ccc(/C=N\NC(=O)CSc2nnc(-c3ccc(Br)cc3)n2C)cc1OC. The number of hydrogen-bond acceptors (Lipinski definition) is 7. The van der Waals surface area contributed by atoms with Crippen LogP contribution in [-0.2, 0) is 11.8 Å². The van der Waals surface area contributed by atoms with Gasteiger partial charge in [-0.05, 0) is 35.9 Å². The maximum absolute atomic E-state index is 12.1. The van der Waals surface area contributed by atoms with Gasteiger partial charge in [-0.1, -0.05) is 39.8 Å². The van der Waals surface area contributed by atoms with Crippen LogP contribution in [0.5, 0.6) is 11.5 Å². The molecule has 156 valence electrons. The first-order valence-electron chi connectivity index (χ1n) is 8.84. The Morgan fingerprint density at radius 3 is 2.60 bits per heavy atom. The van der Waals surface area contributed by atoms with Gasteiger partial charge in [0.1, 0.15) is 0 Å². The highest BCUT2D eigenvalue weighted by atomic mass is 79.9. The van der Waals surface area contributed by atoms with Gasteiger partial charge in [0.05, 0.1) is 26.2 Å². The van der Waals surface area contributed by atoms with E-state index in [1.807, 2.05) is 41.9 Å². The van der Waals surface area contributed by atoms with Gasteiger partial charge in [0.25, 0.3) is 5.91 Å². The Kier molecular flexibility index (Phi) is 7.47. The molecule has 0 unspecified atom stereocenters. The Morgan fingerprint density at radius 1 is 1.17 bits per heavy atom. The predicted octanol–water partition coefficient (Wildman–Crippen LogP) is 3.50. The van der Waals surface area contributed by atoms with Gasteiger partial charge in [-0.15, -0.1) is 10.2 Å². The Morgan fingerprint density at radius 2 is 1.90 bits per heavy atom. The molecule has 3 aromatic rings. The number of ether oxygens (including phenoxy) is 2. The minimum absolute atomic E-state index is 0.162. The van der Waals surface area contributed by atoms with Crippen LogP contribution < -0.4 is 14.9 Å². The zero-order chi connectivity index (χ0) is 21.5. The lowest BCUT2D eigenvalue weighted by Crippen LogP contribution is -2.19. The number of hydrazone groups is 1. The van der Waals surface area contributed by atoms with E-state index in [9.17, 15) is 4.79 Å². The van der Waals surface area contributed by atoms with Crippen molar-refractivity contribution in [2.45, 2.75) is 5.16 Å². The van der Waals surface area contributed by atoms with Crippen LogP contribution >= 0.6 is 27.7 Å². The first-order chi connectivity index (χ1) is 14.5. The van der Waals surface area contributed by atoms with Gasteiger partial charge in [0.2, 0.25) is 0 Å². The molecule has 1 heterocycles. The third kappa shape index (κ3) is 5.39. The second kappa shape index (κ2) is 10.3. The number of halogens is 1. The van der Waals surface area contributed by atoms with Crippen molar-refractivity contribution >= 4 is 39.8 Å². The monoisotopic (exact) mass is 489 g/mol. The summed E-state index contributed by atoms with van der Waals surface area (Å²) in [6.07, 6.45) is 1.54. The van der Waals surface area contributed by atoms with Gasteiger partial charge in [0, 0.05) is 17.1 Å². The number of amides is 1. The van der Waals surface area contributed by atoms with Crippen LogP contribution in [-0.4, -0.2) is 46.9 Å². The van der Waals surface area contributed by atoms with Crippen LogP contribution in [0.2, 0.25) is 0 Å². The Balaban J connectivity index is 1.55. The number of carbonyl (C=O) groups is 1. The molecule has 0 aliphatic carbocycles. The Hall–Kier alpha value is -2.85. The van der Waals surface area contributed by atoms with Crippen molar-refractivity contribution in [3.05, 3.63) is 52.5 Å².